The number of rotatable bonds is 4. The third kappa shape index (κ3) is 3.04. The van der Waals surface area contributed by atoms with Gasteiger partial charge in [0.1, 0.15) is 5.76 Å². The molecule has 0 bridgehead atoms. The molecule has 1 atom stereocenters. The number of hydrogen-bond acceptors (Lipinski definition) is 4. The normalized spacial score (nSPS) is 14.3. The smallest absolute Gasteiger partial charge is 0.138 e. The molecule has 1 aromatic rings. The van der Waals surface area contributed by atoms with Gasteiger partial charge in [-0.1, -0.05) is 5.16 Å². The first-order valence-electron chi connectivity index (χ1n) is 5.20. The summed E-state index contributed by atoms with van der Waals surface area (Å²) >= 11 is 0. The summed E-state index contributed by atoms with van der Waals surface area (Å²) in [5.41, 5.74) is 1.26. The Bertz CT molecular complexity index is 306. The van der Waals surface area contributed by atoms with Crippen LogP contribution in [0.4, 0.5) is 0 Å². The largest absolute Gasteiger partial charge is 0.389 e. The minimum atomic E-state index is -0.723. The van der Waals surface area contributed by atoms with Gasteiger partial charge >= 0.3 is 0 Å². The Morgan fingerprint density at radius 1 is 1.47 bits per heavy atom. The van der Waals surface area contributed by atoms with Crippen LogP contribution in [-0.4, -0.2) is 21.9 Å². The van der Waals surface area contributed by atoms with Gasteiger partial charge in [0.15, 0.2) is 0 Å². The predicted octanol–water partition coefficient (Wildman–Crippen LogP) is 1.54. The van der Waals surface area contributed by atoms with E-state index in [1.807, 2.05) is 20.8 Å². The summed E-state index contributed by atoms with van der Waals surface area (Å²) in [5.74, 6) is 0.836. The first-order valence-corrected chi connectivity index (χ1v) is 5.20. The van der Waals surface area contributed by atoms with E-state index in [4.69, 9.17) is 4.52 Å². The molecular weight excluding hydrogens is 192 g/mol. The molecule has 0 radical (unpaired) electrons. The molecule has 4 heteroatoms. The van der Waals surface area contributed by atoms with E-state index in [0.29, 0.717) is 6.54 Å². The fraction of sp³-hybridized carbons (Fsp3) is 0.727. The van der Waals surface area contributed by atoms with Crippen molar-refractivity contribution in [3.63, 3.8) is 0 Å². The van der Waals surface area contributed by atoms with Crippen LogP contribution in [0.5, 0.6) is 0 Å². The average molecular weight is 212 g/mol. The number of hydrogen-bond donors (Lipinski definition) is 2. The van der Waals surface area contributed by atoms with Crippen LogP contribution < -0.4 is 5.32 Å². The van der Waals surface area contributed by atoms with Crippen molar-refractivity contribution >= 4 is 0 Å². The van der Waals surface area contributed by atoms with E-state index in [9.17, 15) is 5.11 Å². The first kappa shape index (κ1) is 12.2. The number of nitrogens with one attached hydrogen (secondary N) is 1. The van der Waals surface area contributed by atoms with Crippen LogP contribution in [0.3, 0.4) is 0 Å². The second-order valence-electron chi connectivity index (χ2n) is 4.56. The van der Waals surface area contributed by atoms with Crippen LogP contribution >= 0.6 is 0 Å². The zero-order valence-electron chi connectivity index (χ0n) is 10.1. The molecular formula is C11H20N2O2. The van der Waals surface area contributed by atoms with E-state index >= 15 is 0 Å². The van der Waals surface area contributed by atoms with Crippen molar-refractivity contribution in [2.24, 2.45) is 0 Å². The molecule has 0 saturated carbocycles. The minimum Gasteiger partial charge on any atom is -0.389 e. The molecule has 0 spiro atoms. The van der Waals surface area contributed by atoms with Gasteiger partial charge in [0.25, 0.3) is 0 Å². The summed E-state index contributed by atoms with van der Waals surface area (Å²) < 4.78 is 5.06. The molecule has 15 heavy (non-hydrogen) atoms. The molecule has 0 aliphatic rings. The lowest BCUT2D eigenvalue weighted by Gasteiger charge is -2.26. The Balaban J connectivity index is 2.58. The van der Waals surface area contributed by atoms with Gasteiger partial charge in [0, 0.05) is 18.2 Å². The summed E-state index contributed by atoms with van der Waals surface area (Å²) in [5, 5.41) is 16.9. The summed E-state index contributed by atoms with van der Waals surface area (Å²) in [6.45, 7) is 10.0. The van der Waals surface area contributed by atoms with Gasteiger partial charge in [-0.25, -0.2) is 0 Å². The zero-order valence-corrected chi connectivity index (χ0v) is 10.1. The van der Waals surface area contributed by atoms with Crippen molar-refractivity contribution in [3.05, 3.63) is 17.0 Å². The summed E-state index contributed by atoms with van der Waals surface area (Å²) in [6, 6.07) is 0.0196. The van der Waals surface area contributed by atoms with Crippen LogP contribution in [0.15, 0.2) is 4.52 Å². The van der Waals surface area contributed by atoms with Gasteiger partial charge in [-0.15, -0.1) is 0 Å². The maximum Gasteiger partial charge on any atom is 0.138 e. The maximum atomic E-state index is 9.75. The first-order chi connectivity index (χ1) is 6.82. The van der Waals surface area contributed by atoms with Gasteiger partial charge in [-0.05, 0) is 34.6 Å². The van der Waals surface area contributed by atoms with E-state index < -0.39 is 5.60 Å². The quantitative estimate of drug-likeness (QED) is 0.795. The highest BCUT2D eigenvalue weighted by atomic mass is 16.5. The molecule has 0 aliphatic carbocycles. The van der Waals surface area contributed by atoms with Crippen molar-refractivity contribution in [2.75, 3.05) is 0 Å². The van der Waals surface area contributed by atoms with Crippen LogP contribution in [0.25, 0.3) is 0 Å². The topological polar surface area (TPSA) is 58.3 Å². The van der Waals surface area contributed by atoms with Crippen molar-refractivity contribution in [1.82, 2.24) is 10.5 Å². The minimum absolute atomic E-state index is 0.0196. The van der Waals surface area contributed by atoms with Gasteiger partial charge in [0.05, 0.1) is 11.3 Å². The second-order valence-corrected chi connectivity index (χ2v) is 4.56. The van der Waals surface area contributed by atoms with Gasteiger partial charge in [-0.2, -0.15) is 0 Å². The molecule has 2 N–H and O–H groups in total. The standard InChI is InChI=1S/C11H20N2O2/c1-7-10(8(2)15-13-7)6-12-9(3)11(4,5)14/h9,12,14H,6H2,1-5H3. The van der Waals surface area contributed by atoms with E-state index in [1.165, 1.54) is 0 Å². The highest BCUT2D eigenvalue weighted by Crippen LogP contribution is 2.13. The van der Waals surface area contributed by atoms with E-state index in [0.717, 1.165) is 17.0 Å². The summed E-state index contributed by atoms with van der Waals surface area (Å²) in [7, 11) is 0. The predicted molar refractivity (Wildman–Crippen MR) is 58.6 cm³/mol. The Morgan fingerprint density at radius 2 is 2.07 bits per heavy atom. The number of aromatic nitrogens is 1. The lowest BCUT2D eigenvalue weighted by molar-refractivity contribution is 0.0436. The highest BCUT2D eigenvalue weighted by Gasteiger charge is 2.22. The molecule has 86 valence electrons. The fourth-order valence-corrected chi connectivity index (χ4v) is 1.26. The Labute approximate surface area is 90.7 Å². The van der Waals surface area contributed by atoms with Crippen molar-refractivity contribution < 1.29 is 9.63 Å². The number of aliphatic hydroxyl groups is 1. The molecule has 0 amide bonds. The maximum absolute atomic E-state index is 9.75. The molecule has 1 aromatic heterocycles. The number of aryl methyl sites for hydroxylation is 2. The van der Waals surface area contributed by atoms with Crippen molar-refractivity contribution in [2.45, 2.75) is 52.8 Å². The van der Waals surface area contributed by atoms with E-state index in [1.54, 1.807) is 13.8 Å². The fourth-order valence-electron chi connectivity index (χ4n) is 1.26. The third-order valence-electron chi connectivity index (χ3n) is 2.83. The second kappa shape index (κ2) is 4.33. The lowest BCUT2D eigenvalue weighted by atomic mass is 10.0. The zero-order chi connectivity index (χ0) is 11.6. The van der Waals surface area contributed by atoms with Crippen molar-refractivity contribution in [3.8, 4) is 0 Å². The summed E-state index contributed by atoms with van der Waals surface area (Å²) in [6.07, 6.45) is 0. The van der Waals surface area contributed by atoms with Crippen LogP contribution in [0, 0.1) is 13.8 Å². The molecule has 0 aromatic carbocycles. The highest BCUT2D eigenvalue weighted by molar-refractivity contribution is 5.20. The molecule has 1 heterocycles. The molecule has 0 saturated heterocycles. The summed E-state index contributed by atoms with van der Waals surface area (Å²) in [4.78, 5) is 0. The Morgan fingerprint density at radius 3 is 2.47 bits per heavy atom. The van der Waals surface area contributed by atoms with Gasteiger partial charge in [0.2, 0.25) is 0 Å². The Kier molecular flexibility index (Phi) is 3.52. The van der Waals surface area contributed by atoms with Crippen LogP contribution in [0.2, 0.25) is 0 Å². The van der Waals surface area contributed by atoms with Crippen molar-refractivity contribution in [1.29, 1.82) is 0 Å². The Hall–Kier alpha value is -0.870. The lowest BCUT2D eigenvalue weighted by Crippen LogP contribution is -2.44. The van der Waals surface area contributed by atoms with Gasteiger partial charge in [-0.3, -0.25) is 0 Å². The van der Waals surface area contributed by atoms with Crippen LogP contribution in [0.1, 0.15) is 37.8 Å². The molecule has 0 aliphatic heterocycles. The number of nitrogens with zero attached hydrogens (tertiary/aromatic N) is 1. The molecule has 0 fully saturated rings. The molecule has 4 nitrogen and oxygen atoms in total. The monoisotopic (exact) mass is 212 g/mol. The molecule has 1 rings (SSSR count). The average Bonchev–Trinajstić information content (AvgIpc) is 2.41. The molecule has 1 unspecified atom stereocenters. The third-order valence-corrected chi connectivity index (χ3v) is 2.83. The van der Waals surface area contributed by atoms with Gasteiger partial charge < -0.3 is 14.9 Å². The van der Waals surface area contributed by atoms with E-state index in [2.05, 4.69) is 10.5 Å². The van der Waals surface area contributed by atoms with Crippen LogP contribution in [-0.2, 0) is 6.54 Å². The SMILES string of the molecule is Cc1noc(C)c1CNC(C)C(C)(C)O. The van der Waals surface area contributed by atoms with E-state index in [-0.39, 0.29) is 6.04 Å².